The smallest absolute Gasteiger partial charge is 0.264 e. The summed E-state index contributed by atoms with van der Waals surface area (Å²) in [6.07, 6.45) is 3.22. The van der Waals surface area contributed by atoms with Crippen LogP contribution in [0.5, 0.6) is 5.75 Å². The van der Waals surface area contributed by atoms with E-state index >= 15 is 0 Å². The third-order valence-electron chi connectivity index (χ3n) is 2.50. The van der Waals surface area contributed by atoms with Gasteiger partial charge < -0.3 is 15.0 Å². The number of ether oxygens (including phenoxy) is 1. The largest absolute Gasteiger partial charge is 0.482 e. The average Bonchev–Trinajstić information content (AvgIpc) is 2.96. The summed E-state index contributed by atoms with van der Waals surface area (Å²) in [5.41, 5.74) is 6.32. The van der Waals surface area contributed by atoms with E-state index in [1.54, 1.807) is 30.6 Å². The van der Waals surface area contributed by atoms with Crippen molar-refractivity contribution in [3.8, 4) is 17.4 Å². The van der Waals surface area contributed by atoms with E-state index in [0.717, 1.165) is 0 Å². The zero-order valence-electron chi connectivity index (χ0n) is 10.4. The van der Waals surface area contributed by atoms with Gasteiger partial charge in [-0.05, 0) is 18.2 Å². The third kappa shape index (κ3) is 2.56. The fraction of sp³-hybridized carbons (Fsp3) is 0.0769. The van der Waals surface area contributed by atoms with Crippen LogP contribution in [0.1, 0.15) is 5.89 Å². The van der Waals surface area contributed by atoms with Crippen LogP contribution < -0.4 is 10.5 Å². The van der Waals surface area contributed by atoms with E-state index in [-0.39, 0.29) is 6.61 Å². The number of nitrogens with two attached hydrogens (primary N) is 1. The summed E-state index contributed by atoms with van der Waals surface area (Å²) < 4.78 is 10.6. The number of para-hydroxylation sites is 2. The Labute approximate surface area is 114 Å². The van der Waals surface area contributed by atoms with Gasteiger partial charge in [0.1, 0.15) is 5.75 Å². The van der Waals surface area contributed by atoms with E-state index in [2.05, 4.69) is 20.1 Å². The number of aromatic nitrogens is 4. The molecule has 0 atom stereocenters. The van der Waals surface area contributed by atoms with Crippen molar-refractivity contribution in [1.82, 2.24) is 20.1 Å². The van der Waals surface area contributed by atoms with Crippen LogP contribution >= 0.6 is 0 Å². The molecule has 100 valence electrons. The molecule has 0 aliphatic rings. The van der Waals surface area contributed by atoms with Crippen LogP contribution in [0.15, 0.2) is 47.2 Å². The number of nitrogen functional groups attached to an aromatic ring is 1. The van der Waals surface area contributed by atoms with Crippen molar-refractivity contribution in [2.75, 3.05) is 5.73 Å². The second-order valence-electron chi connectivity index (χ2n) is 3.91. The Hall–Kier alpha value is -2.96. The highest BCUT2D eigenvalue weighted by Gasteiger charge is 2.11. The Balaban J connectivity index is 1.71. The van der Waals surface area contributed by atoms with Gasteiger partial charge in [-0.3, -0.25) is 0 Å². The maximum Gasteiger partial charge on any atom is 0.264 e. The lowest BCUT2D eigenvalue weighted by atomic mass is 10.3. The molecule has 0 aliphatic carbocycles. The third-order valence-corrected chi connectivity index (χ3v) is 2.50. The molecule has 7 nitrogen and oxygen atoms in total. The lowest BCUT2D eigenvalue weighted by Gasteiger charge is -2.05. The van der Waals surface area contributed by atoms with Crippen LogP contribution in [0.25, 0.3) is 11.6 Å². The summed E-state index contributed by atoms with van der Waals surface area (Å²) in [7, 11) is 0. The van der Waals surface area contributed by atoms with Crippen molar-refractivity contribution < 1.29 is 9.26 Å². The number of rotatable bonds is 4. The fourth-order valence-corrected chi connectivity index (χ4v) is 1.57. The predicted molar refractivity (Wildman–Crippen MR) is 70.5 cm³/mol. The molecule has 0 saturated carbocycles. The first-order valence-electron chi connectivity index (χ1n) is 5.90. The maximum absolute atomic E-state index is 5.77. The van der Waals surface area contributed by atoms with Crippen LogP contribution in [0.4, 0.5) is 5.69 Å². The molecule has 0 unspecified atom stereocenters. The van der Waals surface area contributed by atoms with Crippen LogP contribution in [-0.4, -0.2) is 20.1 Å². The molecule has 2 N–H and O–H groups in total. The molecular formula is C13H11N5O2. The van der Waals surface area contributed by atoms with Gasteiger partial charge in [0.2, 0.25) is 11.6 Å². The molecule has 0 amide bonds. The topological polar surface area (TPSA) is 100.0 Å². The second kappa shape index (κ2) is 5.35. The van der Waals surface area contributed by atoms with Gasteiger partial charge in [0.25, 0.3) is 5.89 Å². The number of hydrogen-bond donors (Lipinski definition) is 1. The van der Waals surface area contributed by atoms with Crippen LogP contribution in [0.2, 0.25) is 0 Å². The highest BCUT2D eigenvalue weighted by Crippen LogP contribution is 2.21. The standard InChI is InChI=1S/C13H11N5O2/c14-9-4-1-2-5-10(9)19-8-11-17-13(18-20-11)12-15-6-3-7-16-12/h1-7H,8,14H2. The molecule has 0 saturated heterocycles. The van der Waals surface area contributed by atoms with Crippen LogP contribution in [-0.2, 0) is 6.61 Å². The molecule has 7 heteroatoms. The SMILES string of the molecule is Nc1ccccc1OCc1nc(-c2ncccn2)no1. The molecule has 0 aliphatic heterocycles. The van der Waals surface area contributed by atoms with E-state index in [0.29, 0.717) is 29.0 Å². The number of benzene rings is 1. The molecule has 1 aromatic carbocycles. The van der Waals surface area contributed by atoms with Crippen molar-refractivity contribution in [2.24, 2.45) is 0 Å². The minimum atomic E-state index is 0.133. The summed E-state index contributed by atoms with van der Waals surface area (Å²) in [6, 6.07) is 8.91. The van der Waals surface area contributed by atoms with E-state index < -0.39 is 0 Å². The summed E-state index contributed by atoms with van der Waals surface area (Å²) >= 11 is 0. The van der Waals surface area contributed by atoms with E-state index in [9.17, 15) is 0 Å². The maximum atomic E-state index is 5.77. The summed E-state index contributed by atoms with van der Waals surface area (Å²) in [5.74, 6) is 1.63. The van der Waals surface area contributed by atoms with E-state index in [4.69, 9.17) is 15.0 Å². The summed E-state index contributed by atoms with van der Waals surface area (Å²) in [5, 5.41) is 3.80. The first-order chi connectivity index (χ1) is 9.83. The average molecular weight is 269 g/mol. The molecule has 0 spiro atoms. The van der Waals surface area contributed by atoms with Crippen LogP contribution in [0.3, 0.4) is 0 Å². The molecule has 0 fully saturated rings. The summed E-state index contributed by atoms with van der Waals surface area (Å²) in [4.78, 5) is 12.2. The minimum Gasteiger partial charge on any atom is -0.482 e. The van der Waals surface area contributed by atoms with Gasteiger partial charge in [-0.1, -0.05) is 17.3 Å². The number of nitrogens with zero attached hydrogens (tertiary/aromatic N) is 4. The molecule has 3 rings (SSSR count). The quantitative estimate of drug-likeness (QED) is 0.719. The molecule has 0 bridgehead atoms. The molecule has 3 aromatic rings. The Morgan fingerprint density at radius 1 is 1.05 bits per heavy atom. The lowest BCUT2D eigenvalue weighted by molar-refractivity contribution is 0.244. The zero-order chi connectivity index (χ0) is 13.8. The number of hydrogen-bond acceptors (Lipinski definition) is 7. The monoisotopic (exact) mass is 269 g/mol. The Morgan fingerprint density at radius 3 is 2.65 bits per heavy atom. The van der Waals surface area contributed by atoms with Gasteiger partial charge in [-0.25, -0.2) is 9.97 Å². The highest BCUT2D eigenvalue weighted by molar-refractivity contribution is 5.51. The van der Waals surface area contributed by atoms with Crippen molar-refractivity contribution in [3.63, 3.8) is 0 Å². The normalized spacial score (nSPS) is 10.4. The van der Waals surface area contributed by atoms with Crippen molar-refractivity contribution >= 4 is 5.69 Å². The van der Waals surface area contributed by atoms with Gasteiger partial charge in [0.05, 0.1) is 5.69 Å². The Kier molecular flexibility index (Phi) is 3.24. The van der Waals surface area contributed by atoms with Gasteiger partial charge in [0.15, 0.2) is 6.61 Å². The van der Waals surface area contributed by atoms with Crippen molar-refractivity contribution in [2.45, 2.75) is 6.61 Å². The second-order valence-corrected chi connectivity index (χ2v) is 3.91. The first kappa shape index (κ1) is 12.1. The minimum absolute atomic E-state index is 0.133. The van der Waals surface area contributed by atoms with E-state index in [1.807, 2.05) is 12.1 Å². The molecule has 20 heavy (non-hydrogen) atoms. The predicted octanol–water partition coefficient (Wildman–Crippen LogP) is 1.69. The molecule has 2 heterocycles. The first-order valence-corrected chi connectivity index (χ1v) is 5.90. The number of anilines is 1. The van der Waals surface area contributed by atoms with E-state index in [1.165, 1.54) is 0 Å². The Morgan fingerprint density at radius 2 is 1.85 bits per heavy atom. The zero-order valence-corrected chi connectivity index (χ0v) is 10.4. The Bertz CT molecular complexity index is 699. The molecule has 0 radical (unpaired) electrons. The molecular weight excluding hydrogens is 258 g/mol. The molecule has 2 aromatic heterocycles. The van der Waals surface area contributed by atoms with Gasteiger partial charge in [0, 0.05) is 12.4 Å². The fourth-order valence-electron chi connectivity index (χ4n) is 1.57. The van der Waals surface area contributed by atoms with Gasteiger partial charge in [-0.15, -0.1) is 0 Å². The highest BCUT2D eigenvalue weighted by atomic mass is 16.5. The van der Waals surface area contributed by atoms with Crippen molar-refractivity contribution in [3.05, 3.63) is 48.6 Å². The van der Waals surface area contributed by atoms with Gasteiger partial charge >= 0.3 is 0 Å². The lowest BCUT2D eigenvalue weighted by Crippen LogP contribution is -1.99. The summed E-state index contributed by atoms with van der Waals surface area (Å²) in [6.45, 7) is 0.133. The van der Waals surface area contributed by atoms with Crippen molar-refractivity contribution in [1.29, 1.82) is 0 Å². The van der Waals surface area contributed by atoms with Gasteiger partial charge in [-0.2, -0.15) is 4.98 Å². The van der Waals surface area contributed by atoms with Crippen LogP contribution in [0, 0.1) is 0 Å².